The van der Waals surface area contributed by atoms with Gasteiger partial charge < -0.3 is 5.11 Å². The molecule has 0 aliphatic heterocycles. The van der Waals surface area contributed by atoms with Crippen LogP contribution in [0.15, 0.2) is 0 Å². The maximum atomic E-state index is 12.4. The molecule has 0 radical (unpaired) electrons. The van der Waals surface area contributed by atoms with Gasteiger partial charge in [-0.25, -0.2) is 10.4 Å². The van der Waals surface area contributed by atoms with Crippen LogP contribution in [0.25, 0.3) is 0 Å². The Kier molecular flexibility index (Phi) is 6.43. The van der Waals surface area contributed by atoms with Crippen LogP contribution in [0.3, 0.4) is 0 Å². The Hall–Kier alpha value is -0.330. The average Bonchev–Trinajstić information content (AvgIpc) is 2.14. The van der Waals surface area contributed by atoms with E-state index in [1.54, 1.807) is 11.9 Å². The van der Waals surface area contributed by atoms with Gasteiger partial charge in [-0.3, -0.25) is 0 Å². The van der Waals surface area contributed by atoms with Crippen molar-refractivity contribution in [1.82, 2.24) is 10.4 Å². The van der Waals surface area contributed by atoms with Crippen LogP contribution in [0, 0.1) is 5.92 Å². The lowest BCUT2D eigenvalue weighted by Crippen LogP contribution is -2.53. The summed E-state index contributed by atoms with van der Waals surface area (Å²) in [5.74, 6) is -1.38. The number of hydrogen-bond acceptors (Lipinski definition) is 3. The lowest BCUT2D eigenvalue weighted by Gasteiger charge is -2.35. The number of rotatable bonds is 7. The smallest absolute Gasteiger partial charge is 0.392 e. The largest absolute Gasteiger partial charge is 0.396 e. The molecule has 0 aliphatic rings. The normalized spacial score (nSPS) is 15.4. The van der Waals surface area contributed by atoms with Crippen LogP contribution in [-0.4, -0.2) is 41.5 Å². The molecule has 17 heavy (non-hydrogen) atoms. The summed E-state index contributed by atoms with van der Waals surface area (Å²) in [4.78, 5) is 0. The van der Waals surface area contributed by atoms with Crippen molar-refractivity contribution in [2.45, 2.75) is 45.8 Å². The van der Waals surface area contributed by atoms with Gasteiger partial charge in [0.25, 0.3) is 0 Å². The molecule has 0 aliphatic carbocycles. The number of nitrogens with zero attached hydrogens (tertiary/aromatic N) is 1. The van der Waals surface area contributed by atoms with E-state index in [0.29, 0.717) is 13.0 Å². The maximum Gasteiger partial charge on any atom is 0.392 e. The van der Waals surface area contributed by atoms with Crippen LogP contribution in [0.4, 0.5) is 13.2 Å². The molecular formula is C11H23F3N2O. The Morgan fingerprint density at radius 1 is 1.29 bits per heavy atom. The van der Waals surface area contributed by atoms with Crippen molar-refractivity contribution in [2.24, 2.45) is 5.92 Å². The molecule has 0 spiro atoms. The molecule has 0 bridgehead atoms. The average molecular weight is 256 g/mol. The summed E-state index contributed by atoms with van der Waals surface area (Å²) in [5.41, 5.74) is 2.61. The maximum absolute atomic E-state index is 12.4. The summed E-state index contributed by atoms with van der Waals surface area (Å²) in [5, 5.41) is 10.4. The van der Waals surface area contributed by atoms with Gasteiger partial charge in [-0.15, -0.1) is 0 Å². The van der Waals surface area contributed by atoms with Crippen LogP contribution in [0.5, 0.6) is 0 Å². The fraction of sp³-hybridized carbons (Fsp3) is 1.00. The number of aliphatic hydroxyl groups is 1. The fourth-order valence-electron chi connectivity index (χ4n) is 1.45. The molecule has 0 aromatic rings. The number of halogens is 3. The topological polar surface area (TPSA) is 35.5 Å². The molecule has 1 unspecified atom stereocenters. The Balaban J connectivity index is 4.35. The molecule has 1 atom stereocenters. The van der Waals surface area contributed by atoms with Crippen molar-refractivity contribution < 1.29 is 18.3 Å². The second-order valence-electron chi connectivity index (χ2n) is 4.95. The number of hydrazine groups is 1. The van der Waals surface area contributed by atoms with Crippen LogP contribution in [0.1, 0.15) is 34.1 Å². The first-order valence-corrected chi connectivity index (χ1v) is 5.82. The molecule has 0 fully saturated rings. The van der Waals surface area contributed by atoms with Gasteiger partial charge in [-0.05, 0) is 20.3 Å². The van der Waals surface area contributed by atoms with Crippen molar-refractivity contribution in [1.29, 1.82) is 0 Å². The van der Waals surface area contributed by atoms with Crippen LogP contribution >= 0.6 is 0 Å². The zero-order chi connectivity index (χ0) is 13.7. The van der Waals surface area contributed by atoms with Crippen LogP contribution in [0.2, 0.25) is 0 Å². The van der Waals surface area contributed by atoms with E-state index in [1.807, 2.05) is 13.8 Å². The Morgan fingerprint density at radius 3 is 2.18 bits per heavy atom. The van der Waals surface area contributed by atoms with Crippen molar-refractivity contribution in [2.75, 3.05) is 19.7 Å². The summed E-state index contributed by atoms with van der Waals surface area (Å²) in [7, 11) is 0. The quantitative estimate of drug-likeness (QED) is 0.685. The van der Waals surface area contributed by atoms with E-state index in [1.165, 1.54) is 6.92 Å². The SMILES string of the molecule is CCN(CC(C)C(F)(F)F)NC(C)(C)CCO. The third-order valence-electron chi connectivity index (χ3n) is 2.63. The number of alkyl halides is 3. The van der Waals surface area contributed by atoms with Crippen molar-refractivity contribution in [3.8, 4) is 0 Å². The molecule has 0 aromatic carbocycles. The van der Waals surface area contributed by atoms with Crippen molar-refractivity contribution in [3.63, 3.8) is 0 Å². The fourth-order valence-corrected chi connectivity index (χ4v) is 1.45. The van der Waals surface area contributed by atoms with Crippen LogP contribution < -0.4 is 5.43 Å². The van der Waals surface area contributed by atoms with Gasteiger partial charge in [0.15, 0.2) is 0 Å². The molecule has 6 heteroatoms. The predicted octanol–water partition coefficient (Wildman–Crippen LogP) is 2.17. The van der Waals surface area contributed by atoms with Crippen LogP contribution in [-0.2, 0) is 0 Å². The zero-order valence-electron chi connectivity index (χ0n) is 10.9. The van der Waals surface area contributed by atoms with Gasteiger partial charge in [-0.1, -0.05) is 13.8 Å². The summed E-state index contributed by atoms with van der Waals surface area (Å²) in [6.07, 6.45) is -3.68. The van der Waals surface area contributed by atoms with Gasteiger partial charge in [0.05, 0.1) is 5.92 Å². The predicted molar refractivity (Wildman–Crippen MR) is 61.4 cm³/mol. The van der Waals surface area contributed by atoms with Gasteiger partial charge in [0.2, 0.25) is 0 Å². The van der Waals surface area contributed by atoms with E-state index in [2.05, 4.69) is 5.43 Å². The molecule has 0 aromatic heterocycles. The van der Waals surface area contributed by atoms with E-state index >= 15 is 0 Å². The van der Waals surface area contributed by atoms with Crippen molar-refractivity contribution in [3.05, 3.63) is 0 Å². The molecule has 104 valence electrons. The Morgan fingerprint density at radius 2 is 1.82 bits per heavy atom. The van der Waals surface area contributed by atoms with Gasteiger partial charge >= 0.3 is 6.18 Å². The van der Waals surface area contributed by atoms with E-state index in [4.69, 9.17) is 5.11 Å². The summed E-state index contributed by atoms with van der Waals surface area (Å²) < 4.78 is 37.3. The van der Waals surface area contributed by atoms with E-state index in [9.17, 15) is 13.2 Å². The lowest BCUT2D eigenvalue weighted by atomic mass is 10.0. The molecule has 0 saturated carbocycles. The lowest BCUT2D eigenvalue weighted by molar-refractivity contribution is -0.176. The third kappa shape index (κ3) is 6.85. The highest BCUT2D eigenvalue weighted by Crippen LogP contribution is 2.26. The number of hydrogen-bond donors (Lipinski definition) is 2. The summed E-state index contributed by atoms with van der Waals surface area (Å²) >= 11 is 0. The monoisotopic (exact) mass is 256 g/mol. The highest BCUT2D eigenvalue weighted by Gasteiger charge is 2.37. The Labute approximate surface area is 101 Å². The minimum absolute atomic E-state index is 0.00633. The molecule has 2 N–H and O–H groups in total. The second-order valence-corrected chi connectivity index (χ2v) is 4.95. The highest BCUT2D eigenvalue weighted by atomic mass is 19.4. The minimum atomic E-state index is -4.17. The second kappa shape index (κ2) is 6.56. The van der Waals surface area contributed by atoms with E-state index in [0.717, 1.165) is 0 Å². The molecule has 3 nitrogen and oxygen atoms in total. The number of nitrogens with one attached hydrogen (secondary N) is 1. The zero-order valence-corrected chi connectivity index (χ0v) is 10.9. The van der Waals surface area contributed by atoms with Gasteiger partial charge in [0.1, 0.15) is 0 Å². The van der Waals surface area contributed by atoms with E-state index < -0.39 is 17.6 Å². The summed E-state index contributed by atoms with van der Waals surface area (Å²) in [6.45, 7) is 7.07. The van der Waals surface area contributed by atoms with Gasteiger partial charge in [0, 0.05) is 25.2 Å². The third-order valence-corrected chi connectivity index (χ3v) is 2.63. The molecule has 0 saturated heterocycles. The first-order chi connectivity index (χ1) is 7.62. The molecule has 0 amide bonds. The standard InChI is InChI=1S/C11H23F3N2O/c1-5-16(8-9(2)11(12,13)14)15-10(3,4)6-7-17/h9,15,17H,5-8H2,1-4H3. The van der Waals surface area contributed by atoms with Crippen molar-refractivity contribution >= 4 is 0 Å². The van der Waals surface area contributed by atoms with Gasteiger partial charge in [-0.2, -0.15) is 13.2 Å². The molecule has 0 heterocycles. The highest BCUT2D eigenvalue weighted by molar-refractivity contribution is 4.77. The Bertz CT molecular complexity index is 219. The first kappa shape index (κ1) is 16.7. The minimum Gasteiger partial charge on any atom is -0.396 e. The number of aliphatic hydroxyl groups excluding tert-OH is 1. The molecular weight excluding hydrogens is 233 g/mol. The first-order valence-electron chi connectivity index (χ1n) is 5.82. The summed E-state index contributed by atoms with van der Waals surface area (Å²) in [6, 6.07) is 0. The van der Waals surface area contributed by atoms with E-state index in [-0.39, 0.29) is 13.2 Å². The molecule has 0 rings (SSSR count).